The summed E-state index contributed by atoms with van der Waals surface area (Å²) in [7, 11) is 0. The minimum Gasteiger partial charge on any atom is -0.483 e. The van der Waals surface area contributed by atoms with Gasteiger partial charge in [0.15, 0.2) is 6.23 Å². The van der Waals surface area contributed by atoms with Crippen LogP contribution in [0.2, 0.25) is 0 Å². The number of hydrazine groups is 1. The lowest BCUT2D eigenvalue weighted by Gasteiger charge is -2.06. The lowest BCUT2D eigenvalue weighted by molar-refractivity contribution is 0.130. The Labute approximate surface area is 43.1 Å². The summed E-state index contributed by atoms with van der Waals surface area (Å²) in [6.07, 6.45) is 1.20. The maximum Gasteiger partial charge on any atom is 0.158 e. The van der Waals surface area contributed by atoms with E-state index < -0.39 is 0 Å². The lowest BCUT2D eigenvalue weighted by atomic mass is 10.7. The van der Waals surface area contributed by atoms with Gasteiger partial charge in [0.05, 0.1) is 6.26 Å². The maximum atomic E-state index is 4.94. The summed E-state index contributed by atoms with van der Waals surface area (Å²) in [5.74, 6) is 4.94. The molecule has 0 aliphatic carbocycles. The Kier molecular flexibility index (Phi) is 3.36. The Morgan fingerprint density at radius 2 is 2.57 bits per heavy atom. The minimum absolute atomic E-state index is 0.141. The lowest BCUT2D eigenvalue weighted by Crippen LogP contribution is -2.33. The highest BCUT2D eigenvalue weighted by molar-refractivity contribution is 4.51. The molecule has 0 aliphatic heterocycles. The summed E-state index contributed by atoms with van der Waals surface area (Å²) in [6, 6.07) is 0. The molecule has 0 spiro atoms. The first-order chi connectivity index (χ1) is 3.31. The van der Waals surface area contributed by atoms with Crippen LogP contribution in [0.4, 0.5) is 0 Å². The van der Waals surface area contributed by atoms with Crippen LogP contribution in [0.3, 0.4) is 0 Å². The third-order valence-corrected chi connectivity index (χ3v) is 0.535. The highest BCUT2D eigenvalue weighted by atomic mass is 16.5. The van der Waals surface area contributed by atoms with Gasteiger partial charge >= 0.3 is 0 Å². The van der Waals surface area contributed by atoms with E-state index in [9.17, 15) is 0 Å². The van der Waals surface area contributed by atoms with Crippen LogP contribution in [0, 0.1) is 0 Å². The Balaban J connectivity index is 2.98. The topological polar surface area (TPSA) is 47.3 Å². The number of ether oxygens (including phenoxy) is 1. The molecule has 0 heterocycles. The molecule has 0 aromatic heterocycles. The van der Waals surface area contributed by atoms with Gasteiger partial charge in [-0.2, -0.15) is 0 Å². The minimum atomic E-state index is -0.141. The third kappa shape index (κ3) is 3.29. The first-order valence-corrected chi connectivity index (χ1v) is 2.03. The Morgan fingerprint density at radius 1 is 2.00 bits per heavy atom. The van der Waals surface area contributed by atoms with Gasteiger partial charge in [-0.15, -0.1) is 0 Å². The van der Waals surface area contributed by atoms with Crippen molar-refractivity contribution in [3.05, 3.63) is 12.8 Å². The summed E-state index contributed by atoms with van der Waals surface area (Å²) in [5.41, 5.74) is 2.37. The van der Waals surface area contributed by atoms with Gasteiger partial charge < -0.3 is 4.74 Å². The Morgan fingerprint density at radius 3 is 2.71 bits per heavy atom. The molecule has 0 rings (SSSR count). The van der Waals surface area contributed by atoms with Crippen molar-refractivity contribution < 1.29 is 4.74 Å². The average Bonchev–Trinajstić information content (AvgIpc) is 1.68. The van der Waals surface area contributed by atoms with E-state index in [2.05, 4.69) is 12.0 Å². The quantitative estimate of drug-likeness (QED) is 0.227. The van der Waals surface area contributed by atoms with Gasteiger partial charge in [-0.3, -0.25) is 5.84 Å². The first-order valence-electron chi connectivity index (χ1n) is 2.03. The molecule has 0 aliphatic rings. The molecule has 3 N–H and O–H groups in total. The van der Waals surface area contributed by atoms with Crippen LogP contribution in [-0.4, -0.2) is 6.23 Å². The van der Waals surface area contributed by atoms with Crippen LogP contribution in [0.5, 0.6) is 0 Å². The highest BCUT2D eigenvalue weighted by Gasteiger charge is 1.88. The molecule has 0 fully saturated rings. The summed E-state index contributed by atoms with van der Waals surface area (Å²) < 4.78 is 4.72. The van der Waals surface area contributed by atoms with Crippen LogP contribution >= 0.6 is 0 Å². The van der Waals surface area contributed by atoms with Crippen LogP contribution in [0.25, 0.3) is 0 Å². The Bertz CT molecular complexity index is 55.7. The van der Waals surface area contributed by atoms with Crippen LogP contribution in [0.15, 0.2) is 12.8 Å². The van der Waals surface area contributed by atoms with Gasteiger partial charge in [0.25, 0.3) is 0 Å². The molecule has 3 nitrogen and oxygen atoms in total. The first kappa shape index (κ1) is 6.46. The number of hydrogen-bond donors (Lipinski definition) is 2. The highest BCUT2D eigenvalue weighted by Crippen LogP contribution is 1.79. The molecule has 0 aromatic carbocycles. The standard InChI is InChI=1S/C4H10N2O/c1-3-7-4(2)6-5/h3-4,6H,1,5H2,2H3. The normalized spacial score (nSPS) is 12.9. The smallest absolute Gasteiger partial charge is 0.158 e. The molecule has 1 unspecified atom stereocenters. The number of nitrogens with one attached hydrogen (secondary N) is 1. The molecule has 1 atom stereocenters. The zero-order valence-corrected chi connectivity index (χ0v) is 4.35. The van der Waals surface area contributed by atoms with Crippen molar-refractivity contribution in [2.24, 2.45) is 5.84 Å². The second kappa shape index (κ2) is 3.64. The summed E-state index contributed by atoms with van der Waals surface area (Å²) in [5, 5.41) is 0. The van der Waals surface area contributed by atoms with Gasteiger partial charge in [-0.05, 0) is 6.92 Å². The van der Waals surface area contributed by atoms with Gasteiger partial charge in [-0.25, -0.2) is 5.43 Å². The van der Waals surface area contributed by atoms with Crippen LogP contribution in [0.1, 0.15) is 6.92 Å². The van der Waals surface area contributed by atoms with Crippen molar-refractivity contribution in [2.45, 2.75) is 13.2 Å². The zero-order chi connectivity index (χ0) is 5.70. The van der Waals surface area contributed by atoms with Gasteiger partial charge in [0, 0.05) is 0 Å². The van der Waals surface area contributed by atoms with Crippen LogP contribution in [-0.2, 0) is 4.74 Å². The van der Waals surface area contributed by atoms with Crippen molar-refractivity contribution in [1.29, 1.82) is 0 Å². The predicted molar refractivity (Wildman–Crippen MR) is 28.1 cm³/mol. The number of hydrogen-bond acceptors (Lipinski definition) is 3. The fourth-order valence-electron chi connectivity index (χ4n) is 0.184. The molecule has 7 heavy (non-hydrogen) atoms. The number of rotatable bonds is 3. The van der Waals surface area contributed by atoms with E-state index in [1.165, 1.54) is 6.26 Å². The monoisotopic (exact) mass is 102 g/mol. The summed E-state index contributed by atoms with van der Waals surface area (Å²) in [4.78, 5) is 0. The molecule has 3 heteroatoms. The fourth-order valence-corrected chi connectivity index (χ4v) is 0.184. The van der Waals surface area contributed by atoms with E-state index in [4.69, 9.17) is 10.6 Å². The van der Waals surface area contributed by atoms with Crippen molar-refractivity contribution in [2.75, 3.05) is 0 Å². The number of nitrogens with two attached hydrogens (primary N) is 1. The van der Waals surface area contributed by atoms with E-state index in [1.54, 1.807) is 6.92 Å². The molecular formula is C4H10N2O. The third-order valence-electron chi connectivity index (χ3n) is 0.535. The van der Waals surface area contributed by atoms with E-state index in [0.717, 1.165) is 0 Å². The van der Waals surface area contributed by atoms with E-state index in [-0.39, 0.29) is 6.23 Å². The second-order valence-electron chi connectivity index (χ2n) is 1.11. The van der Waals surface area contributed by atoms with E-state index in [0.29, 0.717) is 0 Å². The molecular weight excluding hydrogens is 92.1 g/mol. The zero-order valence-electron chi connectivity index (χ0n) is 4.35. The van der Waals surface area contributed by atoms with Gasteiger partial charge in [0.2, 0.25) is 0 Å². The van der Waals surface area contributed by atoms with Crippen molar-refractivity contribution in [3.63, 3.8) is 0 Å². The van der Waals surface area contributed by atoms with Gasteiger partial charge in [0.1, 0.15) is 0 Å². The maximum absolute atomic E-state index is 4.94. The molecule has 0 amide bonds. The Hall–Kier alpha value is -0.540. The summed E-state index contributed by atoms with van der Waals surface area (Å²) >= 11 is 0. The summed E-state index contributed by atoms with van der Waals surface area (Å²) in [6.45, 7) is 5.11. The average molecular weight is 102 g/mol. The van der Waals surface area contributed by atoms with Crippen LogP contribution < -0.4 is 11.3 Å². The van der Waals surface area contributed by atoms with Gasteiger partial charge in [-0.1, -0.05) is 6.58 Å². The van der Waals surface area contributed by atoms with E-state index in [1.807, 2.05) is 0 Å². The fraction of sp³-hybridized carbons (Fsp3) is 0.500. The molecule has 0 aromatic rings. The largest absolute Gasteiger partial charge is 0.483 e. The van der Waals surface area contributed by atoms with E-state index >= 15 is 0 Å². The van der Waals surface area contributed by atoms with Crippen molar-refractivity contribution >= 4 is 0 Å². The molecule has 0 radical (unpaired) electrons. The molecule has 0 saturated heterocycles. The van der Waals surface area contributed by atoms with Crippen molar-refractivity contribution in [3.8, 4) is 0 Å². The van der Waals surface area contributed by atoms with Crippen molar-refractivity contribution in [1.82, 2.24) is 5.43 Å². The SMILES string of the molecule is C=COC(C)NN. The second-order valence-corrected chi connectivity index (χ2v) is 1.11. The molecule has 0 saturated carbocycles. The molecule has 0 bridgehead atoms. The molecule has 42 valence electrons. The predicted octanol–water partition coefficient (Wildman–Crippen LogP) is -0.0442.